The third-order valence-corrected chi connectivity index (χ3v) is 5.28. The third-order valence-electron chi connectivity index (χ3n) is 5.28. The van der Waals surface area contributed by atoms with Crippen LogP contribution in [0.15, 0.2) is 48.5 Å². The monoisotopic (exact) mass is 380 g/mol. The quantitative estimate of drug-likeness (QED) is 0.821. The number of amides is 2. The second-order valence-electron chi connectivity index (χ2n) is 7.11. The Bertz CT molecular complexity index is 876. The number of carbonyl (C=O) groups excluding carboxylic acids is 2. The van der Waals surface area contributed by atoms with Crippen molar-refractivity contribution in [3.8, 4) is 11.5 Å². The fourth-order valence-corrected chi connectivity index (χ4v) is 3.79. The highest BCUT2D eigenvalue weighted by molar-refractivity contribution is 6.08. The molecule has 0 unspecified atom stereocenters. The zero-order valence-electron chi connectivity index (χ0n) is 16.0. The number of carbonyl (C=O) groups is 2. The van der Waals surface area contributed by atoms with Crippen LogP contribution in [0.25, 0.3) is 0 Å². The number of hydrogen-bond donors (Lipinski definition) is 0. The van der Waals surface area contributed by atoms with Crippen molar-refractivity contribution in [1.82, 2.24) is 4.90 Å². The Morgan fingerprint density at radius 3 is 2.61 bits per heavy atom. The summed E-state index contributed by atoms with van der Waals surface area (Å²) in [5, 5.41) is 0. The van der Waals surface area contributed by atoms with Crippen LogP contribution >= 0.6 is 0 Å². The van der Waals surface area contributed by atoms with Crippen molar-refractivity contribution in [3.63, 3.8) is 0 Å². The van der Waals surface area contributed by atoms with Gasteiger partial charge in [0.15, 0.2) is 6.10 Å². The first-order valence-electron chi connectivity index (χ1n) is 9.68. The van der Waals surface area contributed by atoms with Gasteiger partial charge in [-0.3, -0.25) is 9.59 Å². The molecule has 2 aliphatic rings. The Morgan fingerprint density at radius 1 is 1.04 bits per heavy atom. The summed E-state index contributed by atoms with van der Waals surface area (Å²) in [6.07, 6.45) is 2.49. The topological polar surface area (TPSA) is 59.1 Å². The van der Waals surface area contributed by atoms with Crippen LogP contribution in [0.2, 0.25) is 0 Å². The van der Waals surface area contributed by atoms with E-state index < -0.39 is 6.10 Å². The Hall–Kier alpha value is -3.02. The molecule has 0 radical (unpaired) electrons. The van der Waals surface area contributed by atoms with Crippen LogP contribution < -0.4 is 14.4 Å². The Balaban J connectivity index is 1.63. The SMILES string of the molecule is COc1cccc(C(=O)N2C[C@H](C(=O)N3CCCCC3)Oc3ccccc32)c1. The van der Waals surface area contributed by atoms with Crippen molar-refractivity contribution in [3.05, 3.63) is 54.1 Å². The van der Waals surface area contributed by atoms with E-state index in [1.165, 1.54) is 0 Å². The molecule has 28 heavy (non-hydrogen) atoms. The van der Waals surface area contributed by atoms with Gasteiger partial charge < -0.3 is 19.3 Å². The van der Waals surface area contributed by atoms with Crippen LogP contribution in [-0.4, -0.2) is 49.6 Å². The fraction of sp³-hybridized carbons (Fsp3) is 0.364. The average molecular weight is 380 g/mol. The number of rotatable bonds is 3. The lowest BCUT2D eigenvalue weighted by Crippen LogP contribution is -2.52. The standard InChI is InChI=1S/C22H24N2O4/c1-27-17-9-7-8-16(14-17)21(25)24-15-20(22(26)23-12-5-2-6-13-23)28-19-11-4-3-10-18(19)24/h3-4,7-11,14,20H,2,5-6,12-13,15H2,1H3/t20-/m1/s1. The molecule has 2 amide bonds. The number of para-hydroxylation sites is 2. The molecule has 2 aromatic carbocycles. The molecule has 1 saturated heterocycles. The minimum absolute atomic E-state index is 0.0438. The van der Waals surface area contributed by atoms with Crippen molar-refractivity contribution in [2.24, 2.45) is 0 Å². The normalized spacial score (nSPS) is 18.8. The van der Waals surface area contributed by atoms with Crippen molar-refractivity contribution in [1.29, 1.82) is 0 Å². The van der Waals surface area contributed by atoms with Gasteiger partial charge >= 0.3 is 0 Å². The van der Waals surface area contributed by atoms with Crippen molar-refractivity contribution in [2.45, 2.75) is 25.4 Å². The molecule has 0 aliphatic carbocycles. The van der Waals surface area contributed by atoms with E-state index in [1.807, 2.05) is 23.1 Å². The number of ether oxygens (including phenoxy) is 2. The molecule has 0 aromatic heterocycles. The first kappa shape index (κ1) is 18.3. The zero-order chi connectivity index (χ0) is 19.5. The Kier molecular flexibility index (Phi) is 5.19. The molecular weight excluding hydrogens is 356 g/mol. The minimum atomic E-state index is -0.692. The summed E-state index contributed by atoms with van der Waals surface area (Å²) in [6, 6.07) is 14.4. The van der Waals surface area contributed by atoms with E-state index in [0.717, 1.165) is 32.4 Å². The van der Waals surface area contributed by atoms with Crippen LogP contribution in [0.4, 0.5) is 5.69 Å². The highest BCUT2D eigenvalue weighted by Gasteiger charge is 2.36. The van der Waals surface area contributed by atoms with Gasteiger partial charge in [-0.05, 0) is 49.6 Å². The summed E-state index contributed by atoms with van der Waals surface area (Å²) >= 11 is 0. The summed E-state index contributed by atoms with van der Waals surface area (Å²) in [7, 11) is 1.57. The van der Waals surface area contributed by atoms with E-state index in [-0.39, 0.29) is 18.4 Å². The van der Waals surface area contributed by atoms with Crippen LogP contribution in [0.5, 0.6) is 11.5 Å². The highest BCUT2D eigenvalue weighted by atomic mass is 16.5. The van der Waals surface area contributed by atoms with Crippen LogP contribution in [-0.2, 0) is 4.79 Å². The molecule has 2 aliphatic heterocycles. The van der Waals surface area contributed by atoms with E-state index in [4.69, 9.17) is 9.47 Å². The molecular formula is C22H24N2O4. The lowest BCUT2D eigenvalue weighted by atomic mass is 10.1. The van der Waals surface area contributed by atoms with Crippen molar-refractivity contribution >= 4 is 17.5 Å². The van der Waals surface area contributed by atoms with Crippen LogP contribution in [0.1, 0.15) is 29.6 Å². The number of likely N-dealkylation sites (tertiary alicyclic amines) is 1. The van der Waals surface area contributed by atoms with Gasteiger partial charge in [0.2, 0.25) is 0 Å². The summed E-state index contributed by atoms with van der Waals surface area (Å²) in [5.41, 5.74) is 1.19. The van der Waals surface area contributed by atoms with Gasteiger partial charge in [0, 0.05) is 18.7 Å². The second kappa shape index (κ2) is 7.92. The third kappa shape index (κ3) is 3.54. The molecule has 1 atom stereocenters. The molecule has 146 valence electrons. The molecule has 0 N–H and O–H groups in total. The summed E-state index contributed by atoms with van der Waals surface area (Å²) in [5.74, 6) is 0.956. The van der Waals surface area contributed by atoms with Gasteiger partial charge in [0.05, 0.1) is 19.3 Å². The predicted molar refractivity (Wildman–Crippen MR) is 106 cm³/mol. The number of benzene rings is 2. The number of anilines is 1. The molecule has 6 heteroatoms. The van der Waals surface area contributed by atoms with Crippen molar-refractivity contribution in [2.75, 3.05) is 31.6 Å². The predicted octanol–water partition coefficient (Wildman–Crippen LogP) is 3.12. The first-order valence-corrected chi connectivity index (χ1v) is 9.68. The molecule has 0 bridgehead atoms. The summed E-state index contributed by atoms with van der Waals surface area (Å²) in [6.45, 7) is 1.71. The maximum atomic E-state index is 13.3. The smallest absolute Gasteiger partial charge is 0.265 e. The minimum Gasteiger partial charge on any atom is -0.497 e. The number of nitrogens with zero attached hydrogens (tertiary/aromatic N) is 2. The number of hydrogen-bond acceptors (Lipinski definition) is 4. The van der Waals surface area contributed by atoms with Crippen LogP contribution in [0, 0.1) is 0 Å². The average Bonchev–Trinajstić information content (AvgIpc) is 2.78. The van der Waals surface area contributed by atoms with E-state index >= 15 is 0 Å². The van der Waals surface area contributed by atoms with Gasteiger partial charge in [-0.1, -0.05) is 18.2 Å². The van der Waals surface area contributed by atoms with Gasteiger partial charge in [-0.15, -0.1) is 0 Å². The van der Waals surface area contributed by atoms with E-state index in [2.05, 4.69) is 0 Å². The molecule has 0 spiro atoms. The van der Waals surface area contributed by atoms with Crippen molar-refractivity contribution < 1.29 is 19.1 Å². The van der Waals surface area contributed by atoms with E-state index in [1.54, 1.807) is 42.3 Å². The van der Waals surface area contributed by atoms with E-state index in [0.29, 0.717) is 22.7 Å². The largest absolute Gasteiger partial charge is 0.497 e. The second-order valence-corrected chi connectivity index (χ2v) is 7.11. The highest BCUT2D eigenvalue weighted by Crippen LogP contribution is 2.35. The number of fused-ring (bicyclic) bond motifs is 1. The fourth-order valence-electron chi connectivity index (χ4n) is 3.79. The Morgan fingerprint density at radius 2 is 1.82 bits per heavy atom. The number of piperidine rings is 1. The summed E-state index contributed by atoms with van der Waals surface area (Å²) in [4.78, 5) is 29.8. The Labute approximate surface area is 164 Å². The molecule has 1 fully saturated rings. The van der Waals surface area contributed by atoms with E-state index in [9.17, 15) is 9.59 Å². The lowest BCUT2D eigenvalue weighted by molar-refractivity contribution is -0.139. The van der Waals surface area contributed by atoms with Gasteiger partial charge in [-0.25, -0.2) is 0 Å². The zero-order valence-corrected chi connectivity index (χ0v) is 16.0. The van der Waals surface area contributed by atoms with Gasteiger partial charge in [-0.2, -0.15) is 0 Å². The van der Waals surface area contributed by atoms with Gasteiger partial charge in [0.1, 0.15) is 11.5 Å². The maximum absolute atomic E-state index is 13.3. The molecule has 2 aromatic rings. The van der Waals surface area contributed by atoms with Crippen LogP contribution in [0.3, 0.4) is 0 Å². The lowest BCUT2D eigenvalue weighted by Gasteiger charge is -2.37. The molecule has 6 nitrogen and oxygen atoms in total. The summed E-state index contributed by atoms with van der Waals surface area (Å²) < 4.78 is 11.2. The molecule has 2 heterocycles. The number of methoxy groups -OCH3 is 1. The maximum Gasteiger partial charge on any atom is 0.265 e. The molecule has 4 rings (SSSR count). The first-order chi connectivity index (χ1) is 13.7. The van der Waals surface area contributed by atoms with Gasteiger partial charge in [0.25, 0.3) is 11.8 Å². The molecule has 0 saturated carbocycles.